The van der Waals surface area contributed by atoms with Crippen molar-refractivity contribution in [1.82, 2.24) is 0 Å². The minimum Gasteiger partial charge on any atom is -0.171 e. The standard InChI is InChI=1S/C14H27F3/c1-6-7-8-9-10-12(2,3)11-13(4,5)14(15,16)17/h6-11H2,1-5H3. The Hall–Kier alpha value is -0.210. The Bertz CT molecular complexity index is 214. The van der Waals surface area contributed by atoms with Gasteiger partial charge in [-0.3, -0.25) is 0 Å². The molecule has 0 saturated heterocycles. The molecule has 0 nitrogen and oxygen atoms in total. The second-order valence-electron chi connectivity index (χ2n) is 6.53. The van der Waals surface area contributed by atoms with Crippen LogP contribution in [0.5, 0.6) is 0 Å². The lowest BCUT2D eigenvalue weighted by Crippen LogP contribution is -2.36. The lowest BCUT2D eigenvalue weighted by atomic mass is 9.72. The molecule has 0 aromatic rings. The fraction of sp³-hybridized carbons (Fsp3) is 1.00. The molecular formula is C14H27F3. The number of hydrogen-bond acceptors (Lipinski definition) is 0. The summed E-state index contributed by atoms with van der Waals surface area (Å²) in [4.78, 5) is 0. The SMILES string of the molecule is CCCCCCC(C)(C)CC(C)(C)C(F)(F)F. The second kappa shape index (κ2) is 6.10. The second-order valence-corrected chi connectivity index (χ2v) is 6.53. The summed E-state index contributed by atoms with van der Waals surface area (Å²) in [6.45, 7) is 8.65. The van der Waals surface area contributed by atoms with Crippen LogP contribution in [0.2, 0.25) is 0 Å². The van der Waals surface area contributed by atoms with Crippen LogP contribution in [0.3, 0.4) is 0 Å². The third-order valence-corrected chi connectivity index (χ3v) is 3.39. The van der Waals surface area contributed by atoms with E-state index in [1.807, 2.05) is 13.8 Å². The number of rotatable bonds is 7. The number of unbranched alkanes of at least 4 members (excludes halogenated alkanes) is 3. The molecule has 0 radical (unpaired) electrons. The maximum Gasteiger partial charge on any atom is 0.393 e. The van der Waals surface area contributed by atoms with Crippen LogP contribution < -0.4 is 0 Å². The maximum absolute atomic E-state index is 12.8. The van der Waals surface area contributed by atoms with Crippen molar-refractivity contribution >= 4 is 0 Å². The van der Waals surface area contributed by atoms with E-state index in [2.05, 4.69) is 6.92 Å². The van der Waals surface area contributed by atoms with Gasteiger partial charge >= 0.3 is 6.18 Å². The van der Waals surface area contributed by atoms with Crippen molar-refractivity contribution in [3.05, 3.63) is 0 Å². The Morgan fingerprint density at radius 1 is 0.824 bits per heavy atom. The number of halogens is 3. The molecule has 0 aromatic heterocycles. The van der Waals surface area contributed by atoms with Gasteiger partial charge in [-0.1, -0.05) is 60.3 Å². The quantitative estimate of drug-likeness (QED) is 0.490. The molecule has 0 aliphatic rings. The summed E-state index contributed by atoms with van der Waals surface area (Å²) in [6, 6.07) is 0. The van der Waals surface area contributed by atoms with Gasteiger partial charge in [0.1, 0.15) is 0 Å². The van der Waals surface area contributed by atoms with Crippen LogP contribution in [0, 0.1) is 10.8 Å². The van der Waals surface area contributed by atoms with Crippen molar-refractivity contribution < 1.29 is 13.2 Å². The molecule has 0 aliphatic carbocycles. The molecule has 0 rings (SSSR count). The molecule has 0 heterocycles. The van der Waals surface area contributed by atoms with Gasteiger partial charge in [0.15, 0.2) is 0 Å². The topological polar surface area (TPSA) is 0 Å². The molecule has 17 heavy (non-hydrogen) atoms. The summed E-state index contributed by atoms with van der Waals surface area (Å²) in [5, 5.41) is 0. The highest BCUT2D eigenvalue weighted by Gasteiger charge is 2.49. The highest BCUT2D eigenvalue weighted by molar-refractivity contribution is 4.84. The molecule has 0 bridgehead atoms. The zero-order chi connectivity index (χ0) is 13.7. The van der Waals surface area contributed by atoms with E-state index in [0.717, 1.165) is 25.7 Å². The van der Waals surface area contributed by atoms with Gasteiger partial charge in [0.25, 0.3) is 0 Å². The van der Waals surface area contributed by atoms with Crippen molar-refractivity contribution in [3.63, 3.8) is 0 Å². The Kier molecular flexibility index (Phi) is 6.03. The van der Waals surface area contributed by atoms with E-state index >= 15 is 0 Å². The monoisotopic (exact) mass is 252 g/mol. The molecule has 0 saturated carbocycles. The van der Waals surface area contributed by atoms with Gasteiger partial charge in [-0.05, 0) is 18.3 Å². The fourth-order valence-corrected chi connectivity index (χ4v) is 2.42. The molecule has 0 aromatic carbocycles. The highest BCUT2D eigenvalue weighted by Crippen LogP contribution is 2.47. The van der Waals surface area contributed by atoms with E-state index in [0.29, 0.717) is 0 Å². The first kappa shape index (κ1) is 16.8. The number of hydrogen-bond donors (Lipinski definition) is 0. The van der Waals surface area contributed by atoms with Gasteiger partial charge < -0.3 is 0 Å². The van der Waals surface area contributed by atoms with Crippen molar-refractivity contribution in [2.45, 2.75) is 79.3 Å². The molecule has 104 valence electrons. The first-order valence-corrected chi connectivity index (χ1v) is 6.58. The molecular weight excluding hydrogens is 225 g/mol. The minimum absolute atomic E-state index is 0.204. The van der Waals surface area contributed by atoms with Crippen molar-refractivity contribution in [2.75, 3.05) is 0 Å². The van der Waals surface area contributed by atoms with Crippen LogP contribution in [0.4, 0.5) is 13.2 Å². The van der Waals surface area contributed by atoms with Crippen molar-refractivity contribution in [3.8, 4) is 0 Å². The Morgan fingerprint density at radius 2 is 1.35 bits per heavy atom. The van der Waals surface area contributed by atoms with Crippen LogP contribution in [0.25, 0.3) is 0 Å². The largest absolute Gasteiger partial charge is 0.393 e. The normalized spacial score (nSPS) is 14.1. The zero-order valence-corrected chi connectivity index (χ0v) is 11.9. The predicted octanol–water partition coefficient (Wildman–Crippen LogP) is 5.96. The Balaban J connectivity index is 4.24. The average Bonchev–Trinajstić information content (AvgIpc) is 2.09. The van der Waals surface area contributed by atoms with Gasteiger partial charge in [0.05, 0.1) is 5.41 Å². The predicted molar refractivity (Wildman–Crippen MR) is 67.0 cm³/mol. The van der Waals surface area contributed by atoms with E-state index in [-0.39, 0.29) is 11.8 Å². The summed E-state index contributed by atoms with van der Waals surface area (Å²) in [7, 11) is 0. The molecule has 0 amide bonds. The van der Waals surface area contributed by atoms with E-state index in [1.165, 1.54) is 20.3 Å². The molecule has 0 unspecified atom stereocenters. The van der Waals surface area contributed by atoms with Crippen LogP contribution in [0.1, 0.15) is 73.1 Å². The van der Waals surface area contributed by atoms with Crippen LogP contribution >= 0.6 is 0 Å². The first-order valence-electron chi connectivity index (χ1n) is 6.58. The zero-order valence-electron chi connectivity index (χ0n) is 11.9. The summed E-state index contributed by atoms with van der Waals surface area (Å²) in [5.74, 6) is 0. The van der Waals surface area contributed by atoms with Crippen molar-refractivity contribution in [2.24, 2.45) is 10.8 Å². The molecule has 3 heteroatoms. The van der Waals surface area contributed by atoms with Gasteiger partial charge in [-0.2, -0.15) is 13.2 Å². The van der Waals surface area contributed by atoms with E-state index < -0.39 is 11.6 Å². The number of alkyl halides is 3. The lowest BCUT2D eigenvalue weighted by molar-refractivity contribution is -0.221. The molecule has 0 spiro atoms. The summed E-state index contributed by atoms with van der Waals surface area (Å²) in [6.07, 6.45) is 1.49. The first-order chi connectivity index (χ1) is 7.52. The van der Waals surface area contributed by atoms with Crippen molar-refractivity contribution in [1.29, 1.82) is 0 Å². The molecule has 0 atom stereocenters. The van der Waals surface area contributed by atoms with Crippen LogP contribution in [-0.2, 0) is 0 Å². The van der Waals surface area contributed by atoms with Gasteiger partial charge in [0.2, 0.25) is 0 Å². The third-order valence-electron chi connectivity index (χ3n) is 3.39. The highest BCUT2D eigenvalue weighted by atomic mass is 19.4. The maximum atomic E-state index is 12.8. The molecule has 0 aliphatic heterocycles. The minimum atomic E-state index is -4.10. The summed E-state index contributed by atoms with van der Waals surface area (Å²) < 4.78 is 38.4. The smallest absolute Gasteiger partial charge is 0.171 e. The fourth-order valence-electron chi connectivity index (χ4n) is 2.42. The Morgan fingerprint density at radius 3 is 1.76 bits per heavy atom. The third kappa shape index (κ3) is 6.32. The van der Waals surface area contributed by atoms with Crippen LogP contribution in [0.15, 0.2) is 0 Å². The van der Waals surface area contributed by atoms with E-state index in [4.69, 9.17) is 0 Å². The molecule has 0 N–H and O–H groups in total. The van der Waals surface area contributed by atoms with Gasteiger partial charge in [-0.15, -0.1) is 0 Å². The van der Waals surface area contributed by atoms with Gasteiger partial charge in [-0.25, -0.2) is 0 Å². The van der Waals surface area contributed by atoms with Crippen LogP contribution in [-0.4, -0.2) is 6.18 Å². The average molecular weight is 252 g/mol. The van der Waals surface area contributed by atoms with E-state index in [1.54, 1.807) is 0 Å². The Labute approximate surface area is 104 Å². The summed E-state index contributed by atoms with van der Waals surface area (Å²) in [5.41, 5.74) is -1.81. The summed E-state index contributed by atoms with van der Waals surface area (Å²) >= 11 is 0. The van der Waals surface area contributed by atoms with E-state index in [9.17, 15) is 13.2 Å². The lowest BCUT2D eigenvalue weighted by Gasteiger charge is -2.36. The van der Waals surface area contributed by atoms with Gasteiger partial charge in [0, 0.05) is 0 Å². The molecule has 0 fully saturated rings.